The second kappa shape index (κ2) is 9.34. The molecule has 2 aromatic rings. The minimum Gasteiger partial charge on any atom is -0.370 e. The van der Waals surface area contributed by atoms with E-state index in [1.807, 2.05) is 43.3 Å². The maximum absolute atomic E-state index is 12.3. The van der Waals surface area contributed by atoms with Crippen molar-refractivity contribution >= 4 is 41.0 Å². The van der Waals surface area contributed by atoms with Crippen LogP contribution in [0.3, 0.4) is 0 Å². The van der Waals surface area contributed by atoms with Crippen molar-refractivity contribution in [3.8, 4) is 0 Å². The lowest BCUT2D eigenvalue weighted by Crippen LogP contribution is -2.31. The lowest BCUT2D eigenvalue weighted by Gasteiger charge is -2.16. The number of thioether (sulfide) groups is 1. The molecule has 0 fully saturated rings. The van der Waals surface area contributed by atoms with Crippen LogP contribution in [-0.2, 0) is 4.79 Å². The predicted molar refractivity (Wildman–Crippen MR) is 103 cm³/mol. The van der Waals surface area contributed by atoms with Crippen LogP contribution in [0.25, 0.3) is 0 Å². The molecule has 132 valence electrons. The Morgan fingerprint density at radius 3 is 2.52 bits per heavy atom. The smallest absolute Gasteiger partial charge is 0.319 e. The SMILES string of the molecule is CC(NC(=O)Nc1ccccc1SCCC(N)=O)c1ccc(Cl)cc1. The fourth-order valence-electron chi connectivity index (χ4n) is 2.15. The minimum atomic E-state index is -0.340. The first-order valence-electron chi connectivity index (χ1n) is 7.79. The first-order chi connectivity index (χ1) is 12.0. The lowest BCUT2D eigenvalue weighted by molar-refractivity contribution is -0.117. The molecule has 3 amide bonds. The summed E-state index contributed by atoms with van der Waals surface area (Å²) >= 11 is 7.35. The van der Waals surface area contributed by atoms with Crippen molar-refractivity contribution in [1.82, 2.24) is 5.32 Å². The van der Waals surface area contributed by atoms with E-state index in [0.717, 1.165) is 10.5 Å². The number of rotatable bonds is 7. The second-order valence-corrected chi connectivity index (χ2v) is 7.01. The second-order valence-electron chi connectivity index (χ2n) is 5.43. The van der Waals surface area contributed by atoms with Crippen LogP contribution < -0.4 is 16.4 Å². The van der Waals surface area contributed by atoms with Crippen molar-refractivity contribution in [2.45, 2.75) is 24.3 Å². The Bertz CT molecular complexity index is 737. The van der Waals surface area contributed by atoms with Gasteiger partial charge in [0.1, 0.15) is 0 Å². The summed E-state index contributed by atoms with van der Waals surface area (Å²) in [5, 5.41) is 6.39. The largest absolute Gasteiger partial charge is 0.370 e. The fraction of sp³-hybridized carbons (Fsp3) is 0.222. The molecule has 0 heterocycles. The molecule has 0 bridgehead atoms. The number of carbonyl (C=O) groups is 2. The Hall–Kier alpha value is -2.18. The summed E-state index contributed by atoms with van der Waals surface area (Å²) in [4.78, 5) is 24.0. The molecule has 1 atom stereocenters. The van der Waals surface area contributed by atoms with E-state index in [1.54, 1.807) is 12.1 Å². The molecule has 5 nitrogen and oxygen atoms in total. The van der Waals surface area contributed by atoms with Gasteiger partial charge in [0, 0.05) is 22.1 Å². The summed E-state index contributed by atoms with van der Waals surface area (Å²) in [6.07, 6.45) is 0.290. The molecule has 4 N–H and O–H groups in total. The van der Waals surface area contributed by atoms with E-state index in [-0.39, 0.29) is 18.0 Å². The molecule has 2 rings (SSSR count). The van der Waals surface area contributed by atoms with Gasteiger partial charge in [-0.15, -0.1) is 11.8 Å². The van der Waals surface area contributed by atoms with Gasteiger partial charge in [0.25, 0.3) is 0 Å². The number of benzene rings is 2. The van der Waals surface area contributed by atoms with E-state index in [9.17, 15) is 9.59 Å². The number of urea groups is 1. The van der Waals surface area contributed by atoms with E-state index in [4.69, 9.17) is 17.3 Å². The highest BCUT2D eigenvalue weighted by Gasteiger charge is 2.11. The van der Waals surface area contributed by atoms with Crippen molar-refractivity contribution in [3.63, 3.8) is 0 Å². The summed E-state index contributed by atoms with van der Waals surface area (Å²) in [6.45, 7) is 1.90. The number of para-hydroxylation sites is 1. The van der Waals surface area contributed by atoms with E-state index in [2.05, 4.69) is 10.6 Å². The third-order valence-electron chi connectivity index (χ3n) is 3.46. The molecule has 1 unspecified atom stereocenters. The van der Waals surface area contributed by atoms with Gasteiger partial charge in [0.05, 0.1) is 11.7 Å². The van der Waals surface area contributed by atoms with Crippen LogP contribution in [0.1, 0.15) is 24.9 Å². The predicted octanol–water partition coefficient (Wildman–Crippen LogP) is 4.19. The first-order valence-corrected chi connectivity index (χ1v) is 9.15. The van der Waals surface area contributed by atoms with Gasteiger partial charge in [-0.05, 0) is 36.8 Å². The van der Waals surface area contributed by atoms with Gasteiger partial charge in [-0.1, -0.05) is 35.9 Å². The molecule has 2 aromatic carbocycles. The molecule has 0 aromatic heterocycles. The standard InChI is InChI=1S/C18H20ClN3O2S/c1-12(13-6-8-14(19)9-7-13)21-18(24)22-15-4-2-3-5-16(15)25-11-10-17(20)23/h2-9,12H,10-11H2,1H3,(H2,20,23)(H2,21,22,24). The number of nitrogens with one attached hydrogen (secondary N) is 2. The van der Waals surface area contributed by atoms with Crippen LogP contribution in [0.2, 0.25) is 5.02 Å². The molecule has 7 heteroatoms. The number of hydrogen-bond acceptors (Lipinski definition) is 3. The zero-order chi connectivity index (χ0) is 18.2. The highest BCUT2D eigenvalue weighted by atomic mass is 35.5. The monoisotopic (exact) mass is 377 g/mol. The quantitative estimate of drug-likeness (QED) is 0.632. The Morgan fingerprint density at radius 1 is 1.16 bits per heavy atom. The van der Waals surface area contributed by atoms with Crippen molar-refractivity contribution in [2.75, 3.05) is 11.1 Å². The van der Waals surface area contributed by atoms with Gasteiger partial charge >= 0.3 is 6.03 Å². The van der Waals surface area contributed by atoms with Crippen LogP contribution in [0.15, 0.2) is 53.4 Å². The van der Waals surface area contributed by atoms with Crippen molar-refractivity contribution in [2.24, 2.45) is 5.73 Å². The number of amides is 3. The van der Waals surface area contributed by atoms with Gasteiger partial charge in [-0.25, -0.2) is 4.79 Å². The summed E-state index contributed by atoms with van der Waals surface area (Å²) < 4.78 is 0. The normalized spacial score (nSPS) is 11.6. The molecule has 0 aliphatic rings. The molecule has 0 aliphatic heterocycles. The Labute approximate surface area is 156 Å². The molecule has 0 aliphatic carbocycles. The van der Waals surface area contributed by atoms with Gasteiger partial charge in [-0.2, -0.15) is 0 Å². The molecular formula is C18H20ClN3O2S. The summed E-state index contributed by atoms with van der Waals surface area (Å²) in [5.41, 5.74) is 6.81. The number of hydrogen-bond donors (Lipinski definition) is 3. The van der Waals surface area contributed by atoms with Gasteiger partial charge in [0.2, 0.25) is 5.91 Å². The van der Waals surface area contributed by atoms with Gasteiger partial charge < -0.3 is 16.4 Å². The highest BCUT2D eigenvalue weighted by molar-refractivity contribution is 7.99. The molecule has 25 heavy (non-hydrogen) atoms. The summed E-state index contributed by atoms with van der Waals surface area (Å²) in [6, 6.07) is 14.3. The van der Waals surface area contributed by atoms with Crippen molar-refractivity contribution in [3.05, 3.63) is 59.1 Å². The summed E-state index contributed by atoms with van der Waals surface area (Å²) in [5.74, 6) is 0.226. The number of carbonyl (C=O) groups excluding carboxylic acids is 2. The number of nitrogens with two attached hydrogens (primary N) is 1. The molecule has 0 saturated heterocycles. The third kappa shape index (κ3) is 6.32. The van der Waals surface area contributed by atoms with Gasteiger partial charge in [0.15, 0.2) is 0 Å². The zero-order valence-electron chi connectivity index (χ0n) is 13.8. The first kappa shape index (κ1) is 19.1. The van der Waals surface area contributed by atoms with E-state index in [0.29, 0.717) is 22.9 Å². The highest BCUT2D eigenvalue weighted by Crippen LogP contribution is 2.27. The molecule has 0 spiro atoms. The van der Waals surface area contributed by atoms with E-state index >= 15 is 0 Å². The van der Waals surface area contributed by atoms with Crippen LogP contribution in [0.5, 0.6) is 0 Å². The van der Waals surface area contributed by atoms with Crippen LogP contribution in [0, 0.1) is 0 Å². The Morgan fingerprint density at radius 2 is 1.84 bits per heavy atom. The summed E-state index contributed by atoms with van der Waals surface area (Å²) in [7, 11) is 0. The third-order valence-corrected chi connectivity index (χ3v) is 4.79. The number of anilines is 1. The van der Waals surface area contributed by atoms with Crippen molar-refractivity contribution < 1.29 is 9.59 Å². The Balaban J connectivity index is 1.95. The van der Waals surface area contributed by atoms with Crippen molar-refractivity contribution in [1.29, 1.82) is 0 Å². The fourth-order valence-corrected chi connectivity index (χ4v) is 3.25. The van der Waals surface area contributed by atoms with Crippen LogP contribution in [-0.4, -0.2) is 17.7 Å². The maximum Gasteiger partial charge on any atom is 0.319 e. The molecule has 0 radical (unpaired) electrons. The average molecular weight is 378 g/mol. The van der Waals surface area contributed by atoms with E-state index < -0.39 is 0 Å². The number of halogens is 1. The zero-order valence-corrected chi connectivity index (χ0v) is 15.4. The number of primary amides is 1. The maximum atomic E-state index is 12.3. The topological polar surface area (TPSA) is 84.2 Å². The Kier molecular flexibility index (Phi) is 7.16. The molecule has 0 saturated carbocycles. The molecular weight excluding hydrogens is 358 g/mol. The van der Waals surface area contributed by atoms with Gasteiger partial charge in [-0.3, -0.25) is 4.79 Å². The lowest BCUT2D eigenvalue weighted by atomic mass is 10.1. The van der Waals surface area contributed by atoms with E-state index in [1.165, 1.54) is 11.8 Å². The van der Waals surface area contributed by atoms with Crippen LogP contribution >= 0.6 is 23.4 Å². The minimum absolute atomic E-state index is 0.160. The average Bonchev–Trinajstić information content (AvgIpc) is 2.56. The van der Waals surface area contributed by atoms with Crippen LogP contribution in [0.4, 0.5) is 10.5 Å².